The molecule has 0 aliphatic rings. The molecule has 0 saturated carbocycles. The third-order valence-corrected chi connectivity index (χ3v) is 2.74. The minimum Gasteiger partial charge on any atom is -0.475 e. The second-order valence-electron chi connectivity index (χ2n) is 3.73. The minimum absolute atomic E-state index is 0.109. The standard InChI is InChI=1S/C13H9ClN2O3/c14-10-5-8(6-15)1-3-11(10)16-7-9-2-4-12(19-9)13(17)18/h1-5,16H,7H2,(H,17,18). The summed E-state index contributed by atoms with van der Waals surface area (Å²) in [5, 5.41) is 20.9. The molecule has 0 amide bonds. The Labute approximate surface area is 114 Å². The van der Waals surface area contributed by atoms with Gasteiger partial charge in [0.2, 0.25) is 5.76 Å². The van der Waals surface area contributed by atoms with Crippen LogP contribution in [0.4, 0.5) is 5.69 Å². The number of benzene rings is 1. The van der Waals surface area contributed by atoms with Crippen LogP contribution in [0.5, 0.6) is 0 Å². The van der Waals surface area contributed by atoms with Crippen LogP contribution in [-0.4, -0.2) is 11.1 Å². The molecule has 19 heavy (non-hydrogen) atoms. The molecule has 0 unspecified atom stereocenters. The number of rotatable bonds is 4. The fourth-order valence-corrected chi connectivity index (χ4v) is 1.75. The number of nitrogens with one attached hydrogen (secondary N) is 1. The predicted octanol–water partition coefficient (Wildman–Crippen LogP) is 3.11. The van der Waals surface area contributed by atoms with Crippen LogP contribution in [0.2, 0.25) is 5.02 Å². The summed E-state index contributed by atoms with van der Waals surface area (Å²) >= 11 is 5.99. The van der Waals surface area contributed by atoms with E-state index in [0.29, 0.717) is 28.6 Å². The topological polar surface area (TPSA) is 86.3 Å². The third-order valence-electron chi connectivity index (χ3n) is 2.42. The van der Waals surface area contributed by atoms with Crippen molar-refractivity contribution in [2.24, 2.45) is 0 Å². The number of halogens is 1. The average Bonchev–Trinajstić information content (AvgIpc) is 2.86. The van der Waals surface area contributed by atoms with Crippen LogP contribution in [0, 0.1) is 11.3 Å². The molecule has 6 heteroatoms. The third kappa shape index (κ3) is 3.06. The highest BCUT2D eigenvalue weighted by Gasteiger charge is 2.09. The van der Waals surface area contributed by atoms with Crippen LogP contribution < -0.4 is 5.32 Å². The zero-order chi connectivity index (χ0) is 13.8. The minimum atomic E-state index is -1.11. The fraction of sp³-hybridized carbons (Fsp3) is 0.0769. The Kier molecular flexibility index (Phi) is 3.74. The van der Waals surface area contributed by atoms with Crippen molar-refractivity contribution < 1.29 is 14.3 Å². The summed E-state index contributed by atoms with van der Waals surface area (Å²) < 4.78 is 5.09. The van der Waals surface area contributed by atoms with Crippen LogP contribution in [0.15, 0.2) is 34.7 Å². The average molecular weight is 277 g/mol. The van der Waals surface area contributed by atoms with E-state index in [2.05, 4.69) is 5.32 Å². The molecule has 2 rings (SSSR count). The highest BCUT2D eigenvalue weighted by molar-refractivity contribution is 6.33. The van der Waals surface area contributed by atoms with Crippen LogP contribution in [-0.2, 0) is 6.54 Å². The molecule has 0 bridgehead atoms. The maximum atomic E-state index is 10.6. The summed E-state index contributed by atoms with van der Waals surface area (Å²) in [6.07, 6.45) is 0. The predicted molar refractivity (Wildman–Crippen MR) is 69.2 cm³/mol. The van der Waals surface area contributed by atoms with Crippen LogP contribution in [0.1, 0.15) is 21.9 Å². The molecule has 2 aromatic rings. The van der Waals surface area contributed by atoms with Gasteiger partial charge in [0.05, 0.1) is 28.9 Å². The highest BCUT2D eigenvalue weighted by Crippen LogP contribution is 2.23. The smallest absolute Gasteiger partial charge is 0.371 e. The van der Waals surface area contributed by atoms with E-state index >= 15 is 0 Å². The van der Waals surface area contributed by atoms with Crippen LogP contribution in [0.3, 0.4) is 0 Å². The van der Waals surface area contributed by atoms with Crippen molar-refractivity contribution in [1.82, 2.24) is 0 Å². The molecule has 0 aliphatic carbocycles. The van der Waals surface area contributed by atoms with Gasteiger partial charge in [-0.2, -0.15) is 5.26 Å². The lowest BCUT2D eigenvalue weighted by atomic mass is 10.2. The second kappa shape index (κ2) is 5.46. The van der Waals surface area contributed by atoms with Crippen molar-refractivity contribution in [1.29, 1.82) is 5.26 Å². The van der Waals surface area contributed by atoms with E-state index in [1.165, 1.54) is 6.07 Å². The maximum Gasteiger partial charge on any atom is 0.371 e. The number of hydrogen-bond acceptors (Lipinski definition) is 4. The van der Waals surface area contributed by atoms with Crippen molar-refractivity contribution in [3.05, 3.63) is 52.4 Å². The number of aromatic carboxylic acids is 1. The summed E-state index contributed by atoms with van der Waals surface area (Å²) in [6, 6.07) is 9.83. The zero-order valence-corrected chi connectivity index (χ0v) is 10.4. The molecule has 1 aromatic carbocycles. The van der Waals surface area contributed by atoms with Crippen molar-refractivity contribution in [3.8, 4) is 6.07 Å². The monoisotopic (exact) mass is 276 g/mol. The van der Waals surface area contributed by atoms with Crippen molar-refractivity contribution >= 4 is 23.3 Å². The zero-order valence-electron chi connectivity index (χ0n) is 9.68. The van der Waals surface area contributed by atoms with Crippen LogP contribution in [0.25, 0.3) is 0 Å². The molecule has 0 spiro atoms. The normalized spacial score (nSPS) is 9.89. The van der Waals surface area contributed by atoms with Crippen LogP contribution >= 0.6 is 11.6 Å². The number of carboxylic acids is 1. The molecule has 5 nitrogen and oxygen atoms in total. The van der Waals surface area contributed by atoms with Gasteiger partial charge in [-0.1, -0.05) is 11.6 Å². The molecule has 96 valence electrons. The number of hydrogen-bond donors (Lipinski definition) is 2. The lowest BCUT2D eigenvalue weighted by molar-refractivity contribution is 0.0660. The summed E-state index contributed by atoms with van der Waals surface area (Å²) in [5.41, 5.74) is 1.12. The number of nitriles is 1. The van der Waals surface area contributed by atoms with Gasteiger partial charge >= 0.3 is 5.97 Å². The van der Waals surface area contributed by atoms with E-state index in [0.717, 1.165) is 0 Å². The van der Waals surface area contributed by atoms with Gasteiger partial charge in [-0.15, -0.1) is 0 Å². The largest absolute Gasteiger partial charge is 0.475 e. The van der Waals surface area contributed by atoms with E-state index in [1.807, 2.05) is 6.07 Å². The summed E-state index contributed by atoms with van der Waals surface area (Å²) in [7, 11) is 0. The Hall–Kier alpha value is -2.45. The first kappa shape index (κ1) is 13.0. The number of anilines is 1. The molecular formula is C13H9ClN2O3. The quantitative estimate of drug-likeness (QED) is 0.896. The lowest BCUT2D eigenvalue weighted by Crippen LogP contribution is -1.99. The van der Waals surface area contributed by atoms with Gasteiger partial charge in [0.25, 0.3) is 0 Å². The van der Waals surface area contributed by atoms with Gasteiger partial charge in [-0.05, 0) is 30.3 Å². The first-order valence-corrected chi connectivity index (χ1v) is 5.73. The van der Waals surface area contributed by atoms with Gasteiger partial charge in [-0.25, -0.2) is 4.79 Å². The Morgan fingerprint density at radius 2 is 2.21 bits per heavy atom. The maximum absolute atomic E-state index is 10.6. The van der Waals surface area contributed by atoms with Gasteiger partial charge in [-0.3, -0.25) is 0 Å². The number of nitrogens with zero attached hydrogens (tertiary/aromatic N) is 1. The molecule has 0 aliphatic heterocycles. The highest BCUT2D eigenvalue weighted by atomic mass is 35.5. The van der Waals surface area contributed by atoms with Crippen molar-refractivity contribution in [2.45, 2.75) is 6.54 Å². The second-order valence-corrected chi connectivity index (χ2v) is 4.14. The molecule has 1 aromatic heterocycles. The Morgan fingerprint density at radius 1 is 1.42 bits per heavy atom. The van der Waals surface area contributed by atoms with E-state index in [9.17, 15) is 4.79 Å². The summed E-state index contributed by atoms with van der Waals surface area (Å²) in [6.45, 7) is 0.304. The molecule has 0 atom stereocenters. The molecular weight excluding hydrogens is 268 g/mol. The van der Waals surface area contributed by atoms with Gasteiger partial charge in [0.15, 0.2) is 0 Å². The van der Waals surface area contributed by atoms with Gasteiger partial charge in [0.1, 0.15) is 5.76 Å². The summed E-state index contributed by atoms with van der Waals surface area (Å²) in [5.74, 6) is -0.733. The Balaban J connectivity index is 2.06. The Bertz CT molecular complexity index is 658. The van der Waals surface area contributed by atoms with Gasteiger partial charge < -0.3 is 14.8 Å². The molecule has 0 fully saturated rings. The molecule has 0 saturated heterocycles. The Morgan fingerprint density at radius 3 is 2.79 bits per heavy atom. The van der Waals surface area contributed by atoms with Crippen molar-refractivity contribution in [3.63, 3.8) is 0 Å². The fourth-order valence-electron chi connectivity index (χ4n) is 1.50. The summed E-state index contributed by atoms with van der Waals surface area (Å²) in [4.78, 5) is 10.6. The first-order chi connectivity index (χ1) is 9.10. The van der Waals surface area contributed by atoms with Crippen molar-refractivity contribution in [2.75, 3.05) is 5.32 Å². The SMILES string of the molecule is N#Cc1ccc(NCc2ccc(C(=O)O)o2)c(Cl)c1. The number of carbonyl (C=O) groups is 1. The van der Waals surface area contributed by atoms with E-state index < -0.39 is 5.97 Å². The number of furan rings is 1. The van der Waals surface area contributed by atoms with E-state index in [-0.39, 0.29) is 5.76 Å². The van der Waals surface area contributed by atoms with Gasteiger partial charge in [0, 0.05) is 0 Å². The van der Waals surface area contributed by atoms with E-state index in [4.69, 9.17) is 26.4 Å². The molecule has 2 N–H and O–H groups in total. The lowest BCUT2D eigenvalue weighted by Gasteiger charge is -2.06. The van der Waals surface area contributed by atoms with E-state index in [1.54, 1.807) is 24.3 Å². The first-order valence-electron chi connectivity index (χ1n) is 5.35. The molecule has 0 radical (unpaired) electrons. The molecule has 1 heterocycles. The number of carboxylic acid groups (broad SMARTS) is 1.